The Hall–Kier alpha value is -0.720. The summed E-state index contributed by atoms with van der Waals surface area (Å²) in [5.74, 6) is 0. The Morgan fingerprint density at radius 3 is 2.94 bits per heavy atom. The van der Waals surface area contributed by atoms with Gasteiger partial charge in [0.05, 0.1) is 3.79 Å². The topological polar surface area (TPSA) is 51.0 Å². The van der Waals surface area contributed by atoms with Crippen molar-refractivity contribution in [1.82, 2.24) is 15.6 Å². The van der Waals surface area contributed by atoms with Crippen molar-refractivity contribution in [1.29, 1.82) is 0 Å². The molecule has 16 heavy (non-hydrogen) atoms. The molecule has 2 heterocycles. The molecule has 0 bridgehead atoms. The molecule has 6 heteroatoms. The van der Waals surface area contributed by atoms with E-state index in [0.29, 0.717) is 6.54 Å². The minimum absolute atomic E-state index is 0.710. The van der Waals surface area contributed by atoms with Crippen LogP contribution in [-0.2, 0) is 13.0 Å². The highest BCUT2D eigenvalue weighted by atomic mass is 79.9. The smallest absolute Gasteiger partial charge is 0.121 e. The van der Waals surface area contributed by atoms with E-state index in [2.05, 4.69) is 48.3 Å². The molecule has 0 radical (unpaired) electrons. The molecule has 0 amide bonds. The summed E-state index contributed by atoms with van der Waals surface area (Å²) in [7, 11) is 0. The summed E-state index contributed by atoms with van der Waals surface area (Å²) in [5.41, 5.74) is 1.73. The Kier molecular flexibility index (Phi) is 4.09. The van der Waals surface area contributed by atoms with Crippen molar-refractivity contribution in [3.05, 3.63) is 32.2 Å². The number of hydrogen-bond acceptors (Lipinski definition) is 5. The van der Waals surface area contributed by atoms with Gasteiger partial charge in [0.15, 0.2) is 0 Å². The fourth-order valence-corrected chi connectivity index (χ4v) is 2.80. The average molecular weight is 302 g/mol. The maximum atomic E-state index is 4.62. The van der Waals surface area contributed by atoms with E-state index in [9.17, 15) is 0 Å². The Bertz CT molecular complexity index is 454. The van der Waals surface area contributed by atoms with Crippen LogP contribution in [0.25, 0.3) is 0 Å². The molecule has 2 aromatic rings. The van der Waals surface area contributed by atoms with Gasteiger partial charge < -0.3 is 5.32 Å². The zero-order valence-electron chi connectivity index (χ0n) is 8.86. The van der Waals surface area contributed by atoms with Crippen LogP contribution in [0.4, 0.5) is 0 Å². The Labute approximate surface area is 106 Å². The van der Waals surface area contributed by atoms with Gasteiger partial charge >= 0.3 is 0 Å². The summed E-state index contributed by atoms with van der Waals surface area (Å²) in [5, 5.41) is 10.9. The zero-order valence-corrected chi connectivity index (χ0v) is 11.3. The fourth-order valence-electron chi connectivity index (χ4n) is 1.31. The number of thiophene rings is 1. The van der Waals surface area contributed by atoms with Gasteiger partial charge in [-0.1, -0.05) is 10.3 Å². The van der Waals surface area contributed by atoms with Gasteiger partial charge in [-0.15, -0.1) is 11.3 Å². The molecular weight excluding hydrogens is 290 g/mol. The van der Waals surface area contributed by atoms with Gasteiger partial charge in [-0.3, -0.25) is 0 Å². The number of hydrogen-bond donors (Lipinski definition) is 1. The van der Waals surface area contributed by atoms with Crippen LogP contribution in [0.15, 0.2) is 20.5 Å². The van der Waals surface area contributed by atoms with Crippen molar-refractivity contribution in [2.24, 2.45) is 0 Å². The molecule has 1 N–H and O–H groups in total. The van der Waals surface area contributed by atoms with Gasteiger partial charge in [0.1, 0.15) is 11.4 Å². The lowest BCUT2D eigenvalue weighted by Gasteiger charge is -2.00. The Balaban J connectivity index is 1.71. The van der Waals surface area contributed by atoms with E-state index in [1.165, 1.54) is 8.66 Å². The fraction of sp³-hybridized carbons (Fsp3) is 0.400. The Morgan fingerprint density at radius 2 is 2.31 bits per heavy atom. The summed E-state index contributed by atoms with van der Waals surface area (Å²) in [6, 6.07) is 4.21. The molecule has 0 unspecified atom stereocenters. The van der Waals surface area contributed by atoms with Crippen LogP contribution in [0.3, 0.4) is 0 Å². The van der Waals surface area contributed by atoms with Gasteiger partial charge in [0.25, 0.3) is 0 Å². The van der Waals surface area contributed by atoms with Crippen molar-refractivity contribution >= 4 is 27.3 Å². The van der Waals surface area contributed by atoms with E-state index in [1.807, 2.05) is 6.92 Å². The number of nitrogens with zero attached hydrogens (tertiary/aromatic N) is 2. The lowest BCUT2D eigenvalue weighted by Crippen LogP contribution is -2.17. The van der Waals surface area contributed by atoms with Crippen LogP contribution in [0.5, 0.6) is 0 Å². The molecule has 0 saturated heterocycles. The molecule has 2 rings (SSSR count). The monoisotopic (exact) mass is 301 g/mol. The lowest BCUT2D eigenvalue weighted by atomic mass is 10.3. The van der Waals surface area contributed by atoms with Gasteiger partial charge in [-0.05, 0) is 41.4 Å². The number of aryl methyl sites for hydroxylation is 1. The molecular formula is C10H12BrN3OS. The van der Waals surface area contributed by atoms with E-state index in [4.69, 9.17) is 0 Å². The molecule has 0 saturated carbocycles. The first-order valence-corrected chi connectivity index (χ1v) is 6.59. The molecule has 0 spiro atoms. The van der Waals surface area contributed by atoms with Gasteiger partial charge in [0.2, 0.25) is 0 Å². The summed E-state index contributed by atoms with van der Waals surface area (Å²) in [6.07, 6.45) is 1.03. The number of nitrogens with one attached hydrogen (secondary N) is 1. The summed E-state index contributed by atoms with van der Waals surface area (Å²) >= 11 is 5.22. The minimum Gasteiger partial charge on any atom is -0.311 e. The van der Waals surface area contributed by atoms with Crippen LogP contribution in [0, 0.1) is 6.92 Å². The van der Waals surface area contributed by atoms with Crippen LogP contribution in [0.2, 0.25) is 0 Å². The highest BCUT2D eigenvalue weighted by Gasteiger charge is 2.03. The van der Waals surface area contributed by atoms with E-state index in [0.717, 1.165) is 24.4 Å². The van der Waals surface area contributed by atoms with Crippen LogP contribution in [0.1, 0.15) is 16.3 Å². The van der Waals surface area contributed by atoms with E-state index < -0.39 is 0 Å². The van der Waals surface area contributed by atoms with E-state index in [-0.39, 0.29) is 0 Å². The van der Waals surface area contributed by atoms with Crippen molar-refractivity contribution in [2.75, 3.05) is 6.54 Å². The van der Waals surface area contributed by atoms with Crippen LogP contribution < -0.4 is 5.32 Å². The molecule has 0 aliphatic rings. The van der Waals surface area contributed by atoms with Crippen LogP contribution >= 0.6 is 27.3 Å². The number of halogens is 1. The molecule has 86 valence electrons. The van der Waals surface area contributed by atoms with Crippen LogP contribution in [-0.4, -0.2) is 16.9 Å². The molecule has 0 aromatic carbocycles. The highest BCUT2D eigenvalue weighted by Crippen LogP contribution is 2.22. The molecule has 0 aliphatic carbocycles. The molecule has 4 nitrogen and oxygen atoms in total. The first-order chi connectivity index (χ1) is 7.75. The van der Waals surface area contributed by atoms with Crippen molar-refractivity contribution in [2.45, 2.75) is 19.9 Å². The van der Waals surface area contributed by atoms with E-state index >= 15 is 0 Å². The zero-order chi connectivity index (χ0) is 11.4. The first-order valence-electron chi connectivity index (χ1n) is 4.98. The van der Waals surface area contributed by atoms with Crippen molar-refractivity contribution in [3.8, 4) is 0 Å². The SMILES string of the molecule is Cc1nonc1CNCCc1ccc(Br)s1. The van der Waals surface area contributed by atoms with E-state index in [1.54, 1.807) is 11.3 Å². The number of aromatic nitrogens is 2. The first kappa shape index (κ1) is 11.8. The second-order valence-corrected chi connectivity index (χ2v) is 5.98. The van der Waals surface area contributed by atoms with Gasteiger partial charge in [0, 0.05) is 18.0 Å². The summed E-state index contributed by atoms with van der Waals surface area (Å²) in [6.45, 7) is 3.53. The summed E-state index contributed by atoms with van der Waals surface area (Å²) < 4.78 is 5.80. The molecule has 0 fully saturated rings. The molecule has 0 atom stereocenters. The second-order valence-electron chi connectivity index (χ2n) is 3.43. The normalized spacial score (nSPS) is 10.9. The lowest BCUT2D eigenvalue weighted by molar-refractivity contribution is 0.300. The molecule has 0 aliphatic heterocycles. The largest absolute Gasteiger partial charge is 0.311 e. The highest BCUT2D eigenvalue weighted by molar-refractivity contribution is 9.11. The van der Waals surface area contributed by atoms with Gasteiger partial charge in [-0.2, -0.15) is 0 Å². The second kappa shape index (κ2) is 5.56. The average Bonchev–Trinajstić information content (AvgIpc) is 2.83. The third-order valence-corrected chi connectivity index (χ3v) is 3.90. The molecule has 2 aromatic heterocycles. The number of rotatable bonds is 5. The van der Waals surface area contributed by atoms with Crippen molar-refractivity contribution in [3.63, 3.8) is 0 Å². The quantitative estimate of drug-likeness (QED) is 0.862. The standard InChI is InChI=1S/C10H12BrN3OS/c1-7-9(14-15-13-7)6-12-5-4-8-2-3-10(11)16-8/h2-3,12H,4-6H2,1H3. The summed E-state index contributed by atoms with van der Waals surface area (Å²) in [4.78, 5) is 1.37. The Morgan fingerprint density at radius 1 is 1.44 bits per heavy atom. The third kappa shape index (κ3) is 3.13. The maximum absolute atomic E-state index is 4.62. The maximum Gasteiger partial charge on any atom is 0.121 e. The predicted octanol–water partition coefficient (Wildman–Crippen LogP) is 2.53. The minimum atomic E-state index is 0.710. The predicted molar refractivity (Wildman–Crippen MR) is 66.5 cm³/mol. The van der Waals surface area contributed by atoms with Crippen molar-refractivity contribution < 1.29 is 4.63 Å². The van der Waals surface area contributed by atoms with Gasteiger partial charge in [-0.25, -0.2) is 4.63 Å². The third-order valence-electron chi connectivity index (χ3n) is 2.22.